The maximum absolute atomic E-state index is 7.26. The van der Waals surface area contributed by atoms with Gasteiger partial charge in [-0.2, -0.15) is 0 Å². The van der Waals surface area contributed by atoms with Crippen LogP contribution in [0.1, 0.15) is 69.4 Å². The Hall–Kier alpha value is -7.18. The van der Waals surface area contributed by atoms with Gasteiger partial charge in [-0.1, -0.05) is 120 Å². The van der Waals surface area contributed by atoms with Gasteiger partial charge in [0.25, 0.3) is 6.71 Å². The molecule has 318 valence electrons. The zero-order valence-corrected chi connectivity index (χ0v) is 38.6. The van der Waals surface area contributed by atoms with Gasteiger partial charge in [0.1, 0.15) is 28.3 Å². The maximum atomic E-state index is 7.26. The number of nitrogens with zero attached hydrogens (tertiary/aromatic N) is 2. The molecule has 7 aromatic carbocycles. The number of fused-ring (bicyclic) bond motifs is 8. The predicted molar refractivity (Wildman–Crippen MR) is 272 cm³/mol. The second-order valence-corrected chi connectivity index (χ2v) is 20.4. The van der Waals surface area contributed by atoms with E-state index < -0.39 is 0 Å². The minimum atomic E-state index is -0.132. The normalized spacial score (nSPS) is 13.5. The summed E-state index contributed by atoms with van der Waals surface area (Å²) in [6.07, 6.45) is 0. The van der Waals surface area contributed by atoms with Crippen molar-refractivity contribution in [3.8, 4) is 22.6 Å². The lowest BCUT2D eigenvalue weighted by Gasteiger charge is -2.43. The van der Waals surface area contributed by atoms with Crippen LogP contribution < -0.4 is 26.2 Å². The Kier molecular flexibility index (Phi) is 8.44. The molecule has 0 unspecified atom stereocenters. The highest BCUT2D eigenvalue weighted by atomic mass is 16.4. The number of para-hydroxylation sites is 2. The van der Waals surface area contributed by atoms with E-state index in [4.69, 9.17) is 13.3 Å². The van der Waals surface area contributed by atoms with E-state index in [1.807, 2.05) is 24.3 Å². The van der Waals surface area contributed by atoms with Crippen LogP contribution >= 0.6 is 0 Å². The highest BCUT2D eigenvalue weighted by Crippen LogP contribution is 2.49. The fourth-order valence-corrected chi connectivity index (χ4v) is 10.6. The Bertz CT molecular complexity index is 3500. The maximum Gasteiger partial charge on any atom is 0.257 e. The van der Waals surface area contributed by atoms with E-state index in [1.165, 1.54) is 38.6 Å². The van der Waals surface area contributed by atoms with Gasteiger partial charge in [-0.15, -0.1) is 0 Å². The summed E-state index contributed by atoms with van der Waals surface area (Å²) in [4.78, 5) is 4.92. The summed E-state index contributed by atoms with van der Waals surface area (Å²) in [7, 11) is 0. The zero-order chi connectivity index (χ0) is 44.7. The van der Waals surface area contributed by atoms with E-state index in [2.05, 4.69) is 193 Å². The van der Waals surface area contributed by atoms with Crippen molar-refractivity contribution in [3.05, 3.63) is 173 Å². The smallest absolute Gasteiger partial charge is 0.257 e. The number of anilines is 6. The number of aryl methyl sites for hydroxylation is 3. The van der Waals surface area contributed by atoms with Gasteiger partial charge in [0, 0.05) is 55.5 Å². The summed E-state index contributed by atoms with van der Waals surface area (Å²) in [6, 6.07) is 52.8. The summed E-state index contributed by atoms with van der Waals surface area (Å²) in [5.41, 5.74) is 20.0. The third-order valence-electron chi connectivity index (χ3n) is 13.8. The molecule has 0 N–H and O–H groups in total. The summed E-state index contributed by atoms with van der Waals surface area (Å²) < 4.78 is 20.3. The minimum absolute atomic E-state index is 0.000229. The van der Waals surface area contributed by atoms with Crippen LogP contribution in [-0.4, -0.2) is 6.71 Å². The van der Waals surface area contributed by atoms with Crippen molar-refractivity contribution in [2.75, 3.05) is 9.80 Å². The fraction of sp³-hybridized carbons (Fsp3) is 0.186. The largest absolute Gasteiger partial charge is 0.456 e. The first-order valence-electron chi connectivity index (χ1n) is 22.8. The van der Waals surface area contributed by atoms with Gasteiger partial charge in [0.05, 0.1) is 5.69 Å². The number of hydrogen-bond donors (Lipinski definition) is 0. The Morgan fingerprint density at radius 1 is 0.462 bits per heavy atom. The van der Waals surface area contributed by atoms with E-state index >= 15 is 0 Å². The number of benzene rings is 7. The summed E-state index contributed by atoms with van der Waals surface area (Å²) in [6.45, 7) is 20.4. The molecule has 2 aliphatic heterocycles. The van der Waals surface area contributed by atoms with Crippen molar-refractivity contribution in [1.82, 2.24) is 0 Å². The highest BCUT2D eigenvalue weighted by Gasteiger charge is 2.47. The van der Waals surface area contributed by atoms with Crippen LogP contribution in [0.4, 0.5) is 34.3 Å². The average molecular weight is 847 g/mol. The molecule has 3 aromatic heterocycles. The molecular formula is C59H51BN2O3. The number of furan rings is 3. The van der Waals surface area contributed by atoms with Crippen LogP contribution in [0.15, 0.2) is 159 Å². The second kappa shape index (κ2) is 13.9. The summed E-state index contributed by atoms with van der Waals surface area (Å²) in [5.74, 6) is 2.55. The predicted octanol–water partition coefficient (Wildman–Crippen LogP) is 14.9. The molecule has 65 heavy (non-hydrogen) atoms. The standard InChI is InChI=1S/C59H51BN2O3/c1-34-25-47-55-48(26-34)62(56-35(2)27-42(28-36(56)3)59(7,8)9)57-54(44-33-41(58(4,5)6)22-24-51(44)65-57)60(55)45-23-21-40(53-32-39-16-11-13-20-50(39)64-53)30-46(45)61(47)43-18-14-17-37(29-43)52-31-38-15-10-12-19-49(38)63-52/h10-33H,1-9H3. The molecule has 0 amide bonds. The third kappa shape index (κ3) is 6.14. The van der Waals surface area contributed by atoms with Crippen molar-refractivity contribution in [1.29, 1.82) is 0 Å². The van der Waals surface area contributed by atoms with E-state index in [0.717, 1.165) is 95.4 Å². The Labute approximate surface area is 381 Å². The molecule has 10 aromatic rings. The van der Waals surface area contributed by atoms with Gasteiger partial charge in [0.2, 0.25) is 5.88 Å². The Morgan fingerprint density at radius 2 is 1.08 bits per heavy atom. The van der Waals surface area contributed by atoms with Crippen molar-refractivity contribution >= 4 is 90.3 Å². The molecule has 6 heteroatoms. The molecule has 0 saturated heterocycles. The zero-order valence-electron chi connectivity index (χ0n) is 38.6. The molecule has 0 radical (unpaired) electrons. The molecule has 0 saturated carbocycles. The van der Waals surface area contributed by atoms with Gasteiger partial charge in [0.15, 0.2) is 0 Å². The monoisotopic (exact) mass is 846 g/mol. The van der Waals surface area contributed by atoms with Crippen LogP contribution in [0.5, 0.6) is 0 Å². The molecule has 12 rings (SSSR count). The number of hydrogen-bond acceptors (Lipinski definition) is 5. The lowest BCUT2D eigenvalue weighted by atomic mass is 9.33. The van der Waals surface area contributed by atoms with Crippen LogP contribution in [-0.2, 0) is 10.8 Å². The topological polar surface area (TPSA) is 45.9 Å². The molecule has 0 atom stereocenters. The van der Waals surface area contributed by atoms with Crippen molar-refractivity contribution in [2.45, 2.75) is 73.1 Å². The van der Waals surface area contributed by atoms with E-state index in [9.17, 15) is 0 Å². The molecule has 2 aliphatic rings. The lowest BCUT2D eigenvalue weighted by molar-refractivity contribution is 0.589. The molecule has 5 nitrogen and oxygen atoms in total. The summed E-state index contributed by atoms with van der Waals surface area (Å²) in [5, 5.41) is 3.31. The highest BCUT2D eigenvalue weighted by molar-refractivity contribution is 7.01. The SMILES string of the molecule is Cc1cc2c3c(c1)N(c1c(C)cc(C(C)(C)C)cc1C)c1oc4ccc(C(C)(C)C)cc4c1B3c1ccc(-c3cc4ccccc4o3)cc1N2c1cccc(-c2cc3ccccc3o2)c1. The van der Waals surface area contributed by atoms with Gasteiger partial charge in [-0.05, 0) is 137 Å². The average Bonchev–Trinajstić information content (AvgIpc) is 4.01. The first-order chi connectivity index (χ1) is 31.2. The van der Waals surface area contributed by atoms with Gasteiger partial charge in [-0.3, -0.25) is 4.90 Å². The van der Waals surface area contributed by atoms with Gasteiger partial charge in [-0.25, -0.2) is 0 Å². The molecule has 0 spiro atoms. The first kappa shape index (κ1) is 39.4. The summed E-state index contributed by atoms with van der Waals surface area (Å²) >= 11 is 0. The molecule has 0 bridgehead atoms. The molecule has 0 fully saturated rings. The van der Waals surface area contributed by atoms with Crippen molar-refractivity contribution in [3.63, 3.8) is 0 Å². The number of rotatable bonds is 4. The van der Waals surface area contributed by atoms with E-state index in [0.29, 0.717) is 0 Å². The van der Waals surface area contributed by atoms with Crippen LogP contribution in [0.2, 0.25) is 0 Å². The molecular weight excluding hydrogens is 795 g/mol. The Balaban J connectivity index is 1.17. The van der Waals surface area contributed by atoms with E-state index in [1.54, 1.807) is 0 Å². The van der Waals surface area contributed by atoms with Crippen molar-refractivity contribution < 1.29 is 13.3 Å². The van der Waals surface area contributed by atoms with Crippen LogP contribution in [0, 0.1) is 20.8 Å². The minimum Gasteiger partial charge on any atom is -0.456 e. The van der Waals surface area contributed by atoms with E-state index in [-0.39, 0.29) is 17.5 Å². The third-order valence-corrected chi connectivity index (χ3v) is 13.8. The van der Waals surface area contributed by atoms with Crippen LogP contribution in [0.25, 0.3) is 55.6 Å². The van der Waals surface area contributed by atoms with Crippen molar-refractivity contribution in [2.24, 2.45) is 0 Å². The quantitative estimate of drug-likeness (QED) is 0.165. The fourth-order valence-electron chi connectivity index (χ4n) is 10.6. The lowest BCUT2D eigenvalue weighted by Crippen LogP contribution is -2.61. The van der Waals surface area contributed by atoms with Crippen LogP contribution in [0.3, 0.4) is 0 Å². The first-order valence-corrected chi connectivity index (χ1v) is 22.8. The molecule has 5 heterocycles. The van der Waals surface area contributed by atoms with Gasteiger partial charge < -0.3 is 18.2 Å². The second-order valence-electron chi connectivity index (χ2n) is 20.4. The molecule has 0 aliphatic carbocycles. The van der Waals surface area contributed by atoms with Gasteiger partial charge >= 0.3 is 0 Å². The Morgan fingerprint density at radius 3 is 1.71 bits per heavy atom.